The molecule has 0 saturated carbocycles. The number of aromatic amines is 1. The number of nitrogens with one attached hydrogen (secondary N) is 3. The fourth-order valence-corrected chi connectivity index (χ4v) is 6.57. The van der Waals surface area contributed by atoms with E-state index in [1.54, 1.807) is 20.8 Å². The molecule has 0 unspecified atom stereocenters. The molecule has 0 saturated heterocycles. The molecule has 3 amide bonds. The number of para-hydroxylation sites is 1. The van der Waals surface area contributed by atoms with Gasteiger partial charge < -0.3 is 35.1 Å². The van der Waals surface area contributed by atoms with Gasteiger partial charge in [0.05, 0.1) is 11.1 Å². The van der Waals surface area contributed by atoms with Gasteiger partial charge in [0.2, 0.25) is 17.7 Å². The molecule has 0 aliphatic carbocycles. The number of amides is 3. The first-order chi connectivity index (χ1) is 23.1. The van der Waals surface area contributed by atoms with E-state index < -0.39 is 54.0 Å². The number of rotatable bonds is 4. The smallest absolute Gasteiger partial charge is 0.338 e. The average molecular weight is 716 g/mol. The summed E-state index contributed by atoms with van der Waals surface area (Å²) in [6.45, 7) is 8.88. The van der Waals surface area contributed by atoms with Crippen molar-refractivity contribution in [3.8, 4) is 5.75 Å². The molecule has 0 radical (unpaired) electrons. The van der Waals surface area contributed by atoms with E-state index >= 15 is 0 Å². The second kappa shape index (κ2) is 16.1. The number of esters is 1. The van der Waals surface area contributed by atoms with Gasteiger partial charge in [0.15, 0.2) is 6.10 Å². The lowest BCUT2D eigenvalue weighted by Crippen LogP contribution is -2.56. The van der Waals surface area contributed by atoms with E-state index in [1.807, 2.05) is 44.2 Å². The highest BCUT2D eigenvalue weighted by Crippen LogP contribution is 2.32. The molecule has 0 fully saturated rings. The zero-order chi connectivity index (χ0) is 36.2. The lowest BCUT2D eigenvalue weighted by Gasteiger charge is -2.33. The highest BCUT2D eigenvalue weighted by atomic mass is 35.5. The molecule has 11 nitrogen and oxygen atoms in total. The molecule has 13 heteroatoms. The number of halogens is 2. The Bertz CT molecular complexity index is 1740. The normalized spacial score (nSPS) is 27.8. The number of cyclic esters (lactones) is 1. The van der Waals surface area contributed by atoms with Crippen LogP contribution in [0.1, 0.15) is 58.2 Å². The van der Waals surface area contributed by atoms with Crippen molar-refractivity contribution in [2.24, 2.45) is 11.8 Å². The number of methoxy groups -OCH3 is 1. The Kier molecular flexibility index (Phi) is 12.4. The van der Waals surface area contributed by atoms with Gasteiger partial charge in [-0.1, -0.05) is 73.0 Å². The van der Waals surface area contributed by atoms with Crippen LogP contribution >= 0.6 is 23.2 Å². The summed E-state index contributed by atoms with van der Waals surface area (Å²) in [7, 11) is 2.80. The Morgan fingerprint density at radius 2 is 1.69 bits per heavy atom. The summed E-state index contributed by atoms with van der Waals surface area (Å²) < 4.78 is 11.5. The van der Waals surface area contributed by atoms with E-state index in [9.17, 15) is 24.3 Å². The molecule has 4 rings (SSSR count). The number of phenolic OH excluding ortho intramolecular Hbond substituents is 1. The number of nitrogens with zero attached hydrogens (tertiary/aromatic N) is 1. The number of carbonyl (C=O) groups is 4. The van der Waals surface area contributed by atoms with Crippen molar-refractivity contribution in [2.75, 3.05) is 14.2 Å². The second-order valence-electron chi connectivity index (χ2n) is 12.8. The molecule has 1 aliphatic rings. The number of H-pyrrole nitrogens is 1. The highest BCUT2D eigenvalue weighted by Gasteiger charge is 2.38. The Balaban J connectivity index is 1.84. The number of fused-ring (bicyclic) bond motifs is 1. The van der Waals surface area contributed by atoms with Gasteiger partial charge >= 0.3 is 5.97 Å². The number of aromatic hydroxyl groups is 1. The summed E-state index contributed by atoms with van der Waals surface area (Å²) >= 11 is 12.9. The van der Waals surface area contributed by atoms with Crippen LogP contribution in [0.2, 0.25) is 10.2 Å². The summed E-state index contributed by atoms with van der Waals surface area (Å²) in [5, 5.41) is 16.9. The van der Waals surface area contributed by atoms with Crippen molar-refractivity contribution in [2.45, 2.75) is 77.8 Å². The Morgan fingerprint density at radius 1 is 1.00 bits per heavy atom. The van der Waals surface area contributed by atoms with E-state index in [2.05, 4.69) is 15.6 Å². The number of phenols is 1. The van der Waals surface area contributed by atoms with Crippen LogP contribution in [0.4, 0.5) is 0 Å². The molecular formula is C36H44Cl2N4O7. The lowest BCUT2D eigenvalue weighted by molar-refractivity contribution is -0.164. The van der Waals surface area contributed by atoms with Gasteiger partial charge in [-0.25, -0.2) is 4.79 Å². The molecule has 2 aromatic carbocycles. The molecule has 2 heterocycles. The number of hydrogen-bond acceptors (Lipinski definition) is 7. The van der Waals surface area contributed by atoms with Gasteiger partial charge in [0, 0.05) is 43.3 Å². The fraction of sp³-hybridized carbons (Fsp3) is 0.444. The SMILES string of the molecule is CO[C@@H]1C(=O)O[C@H](C)[C@@H](C)/C=C(/C)C[C@H](C)C(=O)N[C@@H](C)C(=O)N(C)[C@H](Cc2c(Cl)[nH]c3ccccc23)C(=O)N[C@H]1c1ccc(O)c(Cl)c1. The summed E-state index contributed by atoms with van der Waals surface area (Å²) in [5.41, 5.74) is 2.61. The summed E-state index contributed by atoms with van der Waals surface area (Å²) in [5.74, 6) is -3.10. The third kappa shape index (κ3) is 8.76. The van der Waals surface area contributed by atoms with Crippen molar-refractivity contribution in [3.63, 3.8) is 0 Å². The molecule has 264 valence electrons. The summed E-state index contributed by atoms with van der Waals surface area (Å²) in [6, 6.07) is 8.36. The highest BCUT2D eigenvalue weighted by molar-refractivity contribution is 6.32. The molecular weight excluding hydrogens is 671 g/mol. The second-order valence-corrected chi connectivity index (χ2v) is 13.6. The molecule has 7 atom stereocenters. The van der Waals surface area contributed by atoms with Gasteiger partial charge in [-0.15, -0.1) is 0 Å². The molecule has 3 aromatic rings. The lowest BCUT2D eigenvalue weighted by atomic mass is 9.95. The first-order valence-electron chi connectivity index (χ1n) is 16.1. The Morgan fingerprint density at radius 3 is 2.37 bits per heavy atom. The average Bonchev–Trinajstić information content (AvgIpc) is 3.37. The zero-order valence-corrected chi connectivity index (χ0v) is 30.2. The van der Waals surface area contributed by atoms with Gasteiger partial charge in [-0.3, -0.25) is 14.4 Å². The van der Waals surface area contributed by atoms with E-state index in [-0.39, 0.29) is 29.0 Å². The first-order valence-corrected chi connectivity index (χ1v) is 16.9. The number of aromatic nitrogens is 1. The minimum absolute atomic E-state index is 0.00903. The quantitative estimate of drug-likeness (QED) is 0.207. The van der Waals surface area contributed by atoms with Crippen LogP contribution in [0.3, 0.4) is 0 Å². The maximum absolute atomic E-state index is 14.5. The number of benzene rings is 2. The van der Waals surface area contributed by atoms with Gasteiger partial charge in [-0.05, 0) is 56.5 Å². The van der Waals surface area contributed by atoms with Crippen LogP contribution in [0.25, 0.3) is 10.9 Å². The number of likely N-dealkylation sites (N-methyl/N-ethyl adjacent to an activating group) is 1. The van der Waals surface area contributed by atoms with Crippen molar-refractivity contribution in [1.29, 1.82) is 0 Å². The zero-order valence-electron chi connectivity index (χ0n) is 28.7. The van der Waals surface area contributed by atoms with Gasteiger partial charge in [0.1, 0.15) is 29.1 Å². The number of allylic oxidation sites excluding steroid dienone is 1. The van der Waals surface area contributed by atoms with Gasteiger partial charge in [-0.2, -0.15) is 0 Å². The van der Waals surface area contributed by atoms with Crippen LogP contribution in [-0.4, -0.2) is 77.1 Å². The van der Waals surface area contributed by atoms with Crippen LogP contribution in [0.15, 0.2) is 54.1 Å². The largest absolute Gasteiger partial charge is 0.506 e. The van der Waals surface area contributed by atoms with E-state index in [0.717, 1.165) is 16.5 Å². The van der Waals surface area contributed by atoms with E-state index in [0.29, 0.717) is 22.7 Å². The minimum Gasteiger partial charge on any atom is -0.506 e. The standard InChI is InChI=1S/C36H44Cl2N4O7/c1-18-14-19(2)22(5)49-36(47)31(48-7)30(23-12-13-29(43)26(37)16-23)41-34(45)28(17-25-24-10-8-9-11-27(24)40-32(25)38)42(6)35(46)21(4)39-33(44)20(3)15-18/h8-14,16,19-22,28,30-31,40,43H,15,17H2,1-7H3,(H,39,44)(H,41,45)/b18-14-/t19-,20-,21-,22+,28+,30-,31-/m0/s1. The van der Waals surface area contributed by atoms with Crippen LogP contribution in [0.5, 0.6) is 5.75 Å². The molecule has 49 heavy (non-hydrogen) atoms. The predicted octanol–water partition coefficient (Wildman–Crippen LogP) is 5.48. The third-order valence-electron chi connectivity index (χ3n) is 9.09. The maximum Gasteiger partial charge on any atom is 0.338 e. The molecule has 0 spiro atoms. The monoisotopic (exact) mass is 714 g/mol. The number of ether oxygens (including phenoxy) is 2. The number of hydrogen-bond donors (Lipinski definition) is 4. The minimum atomic E-state index is -1.35. The van der Waals surface area contributed by atoms with Crippen molar-refractivity contribution in [3.05, 3.63) is 75.4 Å². The van der Waals surface area contributed by atoms with Crippen LogP contribution in [0, 0.1) is 11.8 Å². The van der Waals surface area contributed by atoms with Crippen LogP contribution < -0.4 is 10.6 Å². The summed E-state index contributed by atoms with van der Waals surface area (Å²) in [4.78, 5) is 59.7. The van der Waals surface area contributed by atoms with Crippen molar-refractivity contribution in [1.82, 2.24) is 20.5 Å². The molecule has 4 N–H and O–H groups in total. The maximum atomic E-state index is 14.5. The van der Waals surface area contributed by atoms with Crippen LogP contribution in [-0.2, 0) is 35.1 Å². The molecule has 0 bridgehead atoms. The van der Waals surface area contributed by atoms with Crippen molar-refractivity contribution < 1.29 is 33.8 Å². The topological polar surface area (TPSA) is 150 Å². The fourth-order valence-electron chi connectivity index (χ4n) is 6.10. The molecule has 1 aliphatic heterocycles. The summed E-state index contributed by atoms with van der Waals surface area (Å²) in [6.07, 6.45) is 0.400. The third-order valence-corrected chi connectivity index (χ3v) is 9.71. The van der Waals surface area contributed by atoms with E-state index in [1.165, 1.54) is 37.3 Å². The predicted molar refractivity (Wildman–Crippen MR) is 188 cm³/mol. The Hall–Kier alpha value is -4.06. The number of carbonyl (C=O) groups excluding carboxylic acids is 4. The van der Waals surface area contributed by atoms with Gasteiger partial charge in [0.25, 0.3) is 0 Å². The Labute approximate surface area is 296 Å². The van der Waals surface area contributed by atoms with Crippen molar-refractivity contribution >= 4 is 57.8 Å². The van der Waals surface area contributed by atoms with E-state index in [4.69, 9.17) is 32.7 Å². The first kappa shape index (κ1) is 37.8. The molecule has 1 aromatic heterocycles.